The standard InChI is InChI=1S/C57H52N4/c1-37-50(56-60-54(48-26-14-19-38-16-4-7-21-43(38)48)34-55(61(56)3)49-27-15-20-39-17-5-8-22-44(39)49)33-41(51-32-40-18-6-9-23-45(40)46-24-10-11-25-47(46)51)35-57(37,2)42-29-30-53(59-36-42)52-28-12-13-31-58-52/h4-34,37,39,43-44,48,50,56,59H,35-36H2,1-3H3. The third kappa shape index (κ3) is 6.43. The first-order chi connectivity index (χ1) is 29.9. The minimum absolute atomic E-state index is 0.103. The van der Waals surface area contributed by atoms with Crippen molar-refractivity contribution < 1.29 is 0 Å². The molecule has 0 radical (unpaired) electrons. The van der Waals surface area contributed by atoms with Gasteiger partial charge in [-0.2, -0.15) is 0 Å². The number of aromatic nitrogens is 1. The molecule has 0 bridgehead atoms. The van der Waals surface area contributed by atoms with E-state index < -0.39 is 0 Å². The third-order valence-corrected chi connectivity index (χ3v) is 14.8. The fourth-order valence-corrected chi connectivity index (χ4v) is 11.3. The highest BCUT2D eigenvalue weighted by Gasteiger charge is 2.48. The molecule has 0 amide bonds. The Hall–Kier alpha value is -6.52. The number of hydrogen-bond donors (Lipinski definition) is 1. The van der Waals surface area contributed by atoms with Crippen LogP contribution in [0.25, 0.3) is 32.8 Å². The molecule has 8 unspecified atom stereocenters. The third-order valence-electron chi connectivity index (χ3n) is 14.8. The maximum Gasteiger partial charge on any atom is 0.127 e. The summed E-state index contributed by atoms with van der Waals surface area (Å²) in [6.45, 7) is 5.80. The lowest BCUT2D eigenvalue weighted by atomic mass is 9.58. The van der Waals surface area contributed by atoms with E-state index in [0.29, 0.717) is 5.92 Å². The van der Waals surface area contributed by atoms with Crippen molar-refractivity contribution in [2.24, 2.45) is 45.9 Å². The van der Waals surface area contributed by atoms with Crippen molar-refractivity contribution in [2.75, 3.05) is 13.6 Å². The molecule has 11 rings (SSSR count). The predicted molar refractivity (Wildman–Crippen MR) is 255 cm³/mol. The van der Waals surface area contributed by atoms with Crippen molar-refractivity contribution in [3.8, 4) is 0 Å². The maximum absolute atomic E-state index is 5.96. The van der Waals surface area contributed by atoms with E-state index in [1.807, 2.05) is 12.3 Å². The normalized spacial score (nSPS) is 30.0. The average molecular weight is 793 g/mol. The monoisotopic (exact) mass is 792 g/mol. The van der Waals surface area contributed by atoms with E-state index in [4.69, 9.17) is 4.99 Å². The van der Waals surface area contributed by atoms with Crippen LogP contribution in [0.3, 0.4) is 0 Å². The molecule has 0 spiro atoms. The lowest BCUT2D eigenvalue weighted by Gasteiger charge is -2.50. The number of allylic oxidation sites excluding steroid dienone is 20. The van der Waals surface area contributed by atoms with Gasteiger partial charge in [0.25, 0.3) is 0 Å². The molecule has 0 saturated heterocycles. The van der Waals surface area contributed by atoms with E-state index >= 15 is 0 Å². The Morgan fingerprint density at radius 2 is 1.49 bits per heavy atom. The summed E-state index contributed by atoms with van der Waals surface area (Å²) >= 11 is 0. The minimum atomic E-state index is -0.176. The predicted octanol–water partition coefficient (Wildman–Crippen LogP) is 12.3. The topological polar surface area (TPSA) is 40.5 Å². The van der Waals surface area contributed by atoms with Crippen LogP contribution in [0.15, 0.2) is 216 Å². The Balaban J connectivity index is 1.09. The second kappa shape index (κ2) is 15.2. The molecule has 61 heavy (non-hydrogen) atoms. The highest BCUT2D eigenvalue weighted by atomic mass is 15.3. The summed E-state index contributed by atoms with van der Waals surface area (Å²) in [6, 6.07) is 26.5. The van der Waals surface area contributed by atoms with Crippen molar-refractivity contribution in [3.63, 3.8) is 0 Å². The fourth-order valence-electron chi connectivity index (χ4n) is 11.3. The second-order valence-corrected chi connectivity index (χ2v) is 18.0. The van der Waals surface area contributed by atoms with Crippen LogP contribution in [0.4, 0.5) is 0 Å². The number of fused-ring (bicyclic) bond motifs is 5. The quantitative estimate of drug-likeness (QED) is 0.198. The lowest BCUT2D eigenvalue weighted by Crippen LogP contribution is -2.49. The number of nitrogens with zero attached hydrogens (tertiary/aromatic N) is 3. The Kier molecular flexibility index (Phi) is 9.33. The van der Waals surface area contributed by atoms with Gasteiger partial charge in [0.05, 0.1) is 11.4 Å². The van der Waals surface area contributed by atoms with E-state index in [0.717, 1.165) is 24.4 Å². The van der Waals surface area contributed by atoms with Crippen molar-refractivity contribution in [3.05, 3.63) is 222 Å². The van der Waals surface area contributed by atoms with Gasteiger partial charge in [-0.05, 0) is 97.5 Å². The van der Waals surface area contributed by atoms with Crippen molar-refractivity contribution in [2.45, 2.75) is 26.4 Å². The van der Waals surface area contributed by atoms with Crippen LogP contribution in [-0.2, 0) is 0 Å². The molecule has 0 saturated carbocycles. The molecule has 3 aromatic carbocycles. The first kappa shape index (κ1) is 37.5. The summed E-state index contributed by atoms with van der Waals surface area (Å²) in [7, 11) is 2.31. The molecule has 5 aliphatic carbocycles. The molecule has 0 fully saturated rings. The number of likely N-dealkylation sites (N-methyl/N-ethyl adjacent to an activating group) is 1. The van der Waals surface area contributed by atoms with Crippen LogP contribution in [0.2, 0.25) is 0 Å². The molecule has 4 aromatic rings. The van der Waals surface area contributed by atoms with Crippen molar-refractivity contribution in [1.82, 2.24) is 15.2 Å². The molecular weight excluding hydrogens is 741 g/mol. The van der Waals surface area contributed by atoms with Crippen molar-refractivity contribution in [1.29, 1.82) is 0 Å². The SMILES string of the molecule is CC1C(C2N=C(C3C=CC=C4C=CC=CC43)C=C(C3=CC=CC4C=CC=CC34)N2C)C=C(c2cc3ccccc3c3ccccc23)CC1(C)C1=CC=C(c2ccccn2)NC1. The van der Waals surface area contributed by atoms with E-state index in [1.165, 1.54) is 60.8 Å². The highest BCUT2D eigenvalue weighted by molar-refractivity contribution is 6.12. The zero-order valence-electron chi connectivity index (χ0n) is 35.2. The van der Waals surface area contributed by atoms with E-state index in [-0.39, 0.29) is 41.2 Å². The fraction of sp³-hybridized carbons (Fsp3) is 0.228. The first-order valence-corrected chi connectivity index (χ1v) is 22.1. The molecular formula is C57H52N4. The Labute approximate surface area is 360 Å². The molecule has 300 valence electrons. The average Bonchev–Trinajstić information content (AvgIpc) is 3.32. The summed E-state index contributed by atoms with van der Waals surface area (Å²) < 4.78 is 0. The Bertz CT molecular complexity index is 2870. The number of benzene rings is 3. The summed E-state index contributed by atoms with van der Waals surface area (Å²) in [4.78, 5) is 13.2. The Morgan fingerprint density at radius 3 is 2.34 bits per heavy atom. The van der Waals surface area contributed by atoms with E-state index in [2.05, 4.69) is 212 Å². The lowest BCUT2D eigenvalue weighted by molar-refractivity contribution is 0.122. The highest BCUT2D eigenvalue weighted by Crippen LogP contribution is 2.55. The van der Waals surface area contributed by atoms with Crippen LogP contribution in [0.5, 0.6) is 0 Å². The van der Waals surface area contributed by atoms with Crippen molar-refractivity contribution >= 4 is 38.5 Å². The van der Waals surface area contributed by atoms with E-state index in [1.54, 1.807) is 0 Å². The van der Waals surface area contributed by atoms with Gasteiger partial charge in [0.2, 0.25) is 0 Å². The smallest absolute Gasteiger partial charge is 0.127 e. The molecule has 2 aliphatic heterocycles. The number of rotatable bonds is 6. The molecule has 1 N–H and O–H groups in total. The van der Waals surface area contributed by atoms with Gasteiger partial charge in [-0.25, -0.2) is 0 Å². The molecule has 4 heteroatoms. The number of nitrogens with one attached hydrogen (secondary N) is 1. The number of pyridine rings is 1. The van der Waals surface area contributed by atoms with Crippen LogP contribution in [0, 0.1) is 40.9 Å². The van der Waals surface area contributed by atoms with Gasteiger partial charge >= 0.3 is 0 Å². The summed E-state index contributed by atoms with van der Waals surface area (Å²) in [5, 5.41) is 9.00. The molecule has 4 nitrogen and oxygen atoms in total. The van der Waals surface area contributed by atoms with Gasteiger partial charge < -0.3 is 10.2 Å². The zero-order valence-corrected chi connectivity index (χ0v) is 35.2. The number of dihydropyridines is 1. The first-order valence-electron chi connectivity index (χ1n) is 22.1. The van der Waals surface area contributed by atoms with Crippen LogP contribution in [-0.4, -0.2) is 35.4 Å². The number of hydrogen-bond acceptors (Lipinski definition) is 4. The summed E-state index contributed by atoms with van der Waals surface area (Å²) in [5.41, 5.74) is 11.2. The van der Waals surface area contributed by atoms with Gasteiger partial charge in [-0.1, -0.05) is 166 Å². The van der Waals surface area contributed by atoms with E-state index in [9.17, 15) is 0 Å². The molecule has 1 aromatic heterocycles. The summed E-state index contributed by atoms with van der Waals surface area (Å²) in [6.07, 6.45) is 44.5. The molecule has 3 heterocycles. The molecule has 7 aliphatic rings. The van der Waals surface area contributed by atoms with Gasteiger partial charge in [-0.3, -0.25) is 9.98 Å². The second-order valence-electron chi connectivity index (χ2n) is 18.0. The van der Waals surface area contributed by atoms with Gasteiger partial charge in [-0.15, -0.1) is 0 Å². The van der Waals surface area contributed by atoms with Gasteiger partial charge in [0.1, 0.15) is 6.17 Å². The molecule has 8 atom stereocenters. The van der Waals surface area contributed by atoms with Gasteiger partial charge in [0, 0.05) is 60.8 Å². The van der Waals surface area contributed by atoms with Crippen LogP contribution in [0.1, 0.15) is 31.5 Å². The number of aliphatic imine (C=N–C) groups is 1. The maximum atomic E-state index is 5.96. The largest absolute Gasteiger partial charge is 0.380 e. The minimum Gasteiger partial charge on any atom is -0.380 e. The summed E-state index contributed by atoms with van der Waals surface area (Å²) in [5.74, 6) is 1.38. The van der Waals surface area contributed by atoms with Gasteiger partial charge in [0.15, 0.2) is 0 Å². The van der Waals surface area contributed by atoms with Crippen LogP contribution >= 0.6 is 0 Å². The Morgan fingerprint density at radius 1 is 0.738 bits per heavy atom. The van der Waals surface area contributed by atoms with Crippen LogP contribution < -0.4 is 5.32 Å². The zero-order chi connectivity index (χ0) is 41.1.